The Morgan fingerprint density at radius 2 is 2.33 bits per heavy atom. The van der Waals surface area contributed by atoms with Crippen molar-refractivity contribution in [3.05, 3.63) is 45.0 Å². The van der Waals surface area contributed by atoms with Crippen molar-refractivity contribution in [2.45, 2.75) is 13.0 Å². The summed E-state index contributed by atoms with van der Waals surface area (Å²) in [5.41, 5.74) is 2.21. The molecule has 0 aliphatic heterocycles. The quantitative estimate of drug-likeness (QED) is 0.888. The maximum absolute atomic E-state index is 5.97. The molecule has 2 rings (SSSR count). The number of hydrogen-bond acceptors (Lipinski definition) is 3. The predicted octanol–water partition coefficient (Wildman–Crippen LogP) is 3.61. The lowest BCUT2D eigenvalue weighted by Crippen LogP contribution is -2.16. The van der Waals surface area contributed by atoms with E-state index in [1.165, 1.54) is 10.4 Å². The Labute approximate surface area is 97.9 Å². The Hall–Kier alpha value is -0.770. The molecule has 0 amide bonds. The van der Waals surface area contributed by atoms with E-state index < -0.39 is 0 Å². The van der Waals surface area contributed by atoms with Crippen molar-refractivity contribution < 1.29 is 4.42 Å². The van der Waals surface area contributed by atoms with E-state index in [0.29, 0.717) is 5.22 Å². The minimum atomic E-state index is 0.112. The van der Waals surface area contributed by atoms with Crippen molar-refractivity contribution in [3.8, 4) is 0 Å². The van der Waals surface area contributed by atoms with Gasteiger partial charge >= 0.3 is 0 Å². The maximum atomic E-state index is 5.97. The van der Waals surface area contributed by atoms with Crippen LogP contribution in [0.1, 0.15) is 22.0 Å². The van der Waals surface area contributed by atoms with E-state index in [4.69, 9.17) is 16.0 Å². The van der Waals surface area contributed by atoms with Crippen molar-refractivity contribution in [2.24, 2.45) is 0 Å². The van der Waals surface area contributed by atoms with Crippen LogP contribution in [0.4, 0.5) is 0 Å². The van der Waals surface area contributed by atoms with E-state index in [0.717, 1.165) is 5.56 Å². The van der Waals surface area contributed by atoms with Crippen LogP contribution in [0.5, 0.6) is 0 Å². The smallest absolute Gasteiger partial charge is 0.198 e. The molecule has 1 N–H and O–H groups in total. The zero-order chi connectivity index (χ0) is 10.8. The van der Waals surface area contributed by atoms with Gasteiger partial charge in [-0.3, -0.25) is 0 Å². The molecule has 2 aromatic rings. The molecule has 15 heavy (non-hydrogen) atoms. The molecule has 1 atom stereocenters. The first kappa shape index (κ1) is 10.7. The average molecular weight is 242 g/mol. The largest absolute Gasteiger partial charge is 0.453 e. The van der Waals surface area contributed by atoms with Crippen LogP contribution in [0.2, 0.25) is 5.22 Å². The fourth-order valence-corrected chi connectivity index (χ4v) is 2.58. The molecule has 0 bridgehead atoms. The topological polar surface area (TPSA) is 25.2 Å². The summed E-state index contributed by atoms with van der Waals surface area (Å²) in [6.07, 6.45) is 1.61. The third-order valence-electron chi connectivity index (χ3n) is 2.33. The SMILES string of the molecule is CNC(c1csc(C)c1)c1ccoc1Cl. The van der Waals surface area contributed by atoms with E-state index >= 15 is 0 Å². The summed E-state index contributed by atoms with van der Waals surface area (Å²) >= 11 is 7.70. The summed E-state index contributed by atoms with van der Waals surface area (Å²) in [4.78, 5) is 1.30. The number of rotatable bonds is 3. The van der Waals surface area contributed by atoms with Gasteiger partial charge < -0.3 is 9.73 Å². The molecule has 80 valence electrons. The molecular weight excluding hydrogens is 230 g/mol. The van der Waals surface area contributed by atoms with Gasteiger partial charge in [-0.05, 0) is 48.6 Å². The first-order valence-corrected chi connectivity index (χ1v) is 5.93. The molecule has 4 heteroatoms. The highest BCUT2D eigenvalue weighted by Gasteiger charge is 2.17. The Kier molecular flexibility index (Phi) is 3.14. The Morgan fingerprint density at radius 3 is 2.80 bits per heavy atom. The molecule has 0 fully saturated rings. The van der Waals surface area contributed by atoms with E-state index in [1.54, 1.807) is 17.6 Å². The van der Waals surface area contributed by atoms with Crippen molar-refractivity contribution >= 4 is 22.9 Å². The van der Waals surface area contributed by atoms with Gasteiger partial charge in [0.1, 0.15) is 0 Å². The number of aryl methyl sites for hydroxylation is 1. The van der Waals surface area contributed by atoms with Gasteiger partial charge in [0.05, 0.1) is 12.3 Å². The summed E-state index contributed by atoms with van der Waals surface area (Å²) < 4.78 is 5.10. The number of hydrogen-bond donors (Lipinski definition) is 1. The zero-order valence-corrected chi connectivity index (χ0v) is 10.2. The lowest BCUT2D eigenvalue weighted by molar-refractivity contribution is 0.560. The van der Waals surface area contributed by atoms with Crippen molar-refractivity contribution in [2.75, 3.05) is 7.05 Å². The summed E-state index contributed by atoms with van der Waals surface area (Å²) in [6.45, 7) is 2.10. The number of halogens is 1. The minimum Gasteiger partial charge on any atom is -0.453 e. The number of thiophene rings is 1. The van der Waals surface area contributed by atoms with Crippen molar-refractivity contribution in [3.63, 3.8) is 0 Å². The molecule has 2 heterocycles. The molecule has 0 spiro atoms. The van der Waals surface area contributed by atoms with E-state index in [9.17, 15) is 0 Å². The lowest BCUT2D eigenvalue weighted by Gasteiger charge is -2.13. The van der Waals surface area contributed by atoms with Gasteiger partial charge in [-0.25, -0.2) is 0 Å². The molecule has 0 aromatic carbocycles. The highest BCUT2D eigenvalue weighted by Crippen LogP contribution is 2.31. The first-order valence-electron chi connectivity index (χ1n) is 4.67. The van der Waals surface area contributed by atoms with E-state index in [1.807, 2.05) is 13.1 Å². The second-order valence-corrected chi connectivity index (χ2v) is 4.82. The monoisotopic (exact) mass is 241 g/mol. The van der Waals surface area contributed by atoms with Crippen molar-refractivity contribution in [1.29, 1.82) is 0 Å². The van der Waals surface area contributed by atoms with Gasteiger partial charge in [0.15, 0.2) is 5.22 Å². The molecule has 2 aromatic heterocycles. The molecular formula is C11H12ClNOS. The second-order valence-electron chi connectivity index (χ2n) is 3.36. The summed E-state index contributed by atoms with van der Waals surface area (Å²) in [6, 6.07) is 4.17. The normalized spacial score (nSPS) is 13.0. The van der Waals surface area contributed by atoms with Crippen LogP contribution < -0.4 is 5.32 Å². The highest BCUT2D eigenvalue weighted by molar-refractivity contribution is 7.10. The van der Waals surface area contributed by atoms with E-state index in [-0.39, 0.29) is 6.04 Å². The number of furan rings is 1. The van der Waals surface area contributed by atoms with Crippen LogP contribution in [-0.4, -0.2) is 7.05 Å². The Morgan fingerprint density at radius 1 is 1.53 bits per heavy atom. The van der Waals surface area contributed by atoms with Crippen LogP contribution in [0, 0.1) is 6.92 Å². The summed E-state index contributed by atoms with van der Waals surface area (Å²) in [7, 11) is 1.92. The highest BCUT2D eigenvalue weighted by atomic mass is 35.5. The van der Waals surface area contributed by atoms with E-state index in [2.05, 4.69) is 23.7 Å². The Bertz CT molecular complexity index is 449. The summed E-state index contributed by atoms with van der Waals surface area (Å²) in [5, 5.41) is 5.83. The van der Waals surface area contributed by atoms with Crippen LogP contribution in [-0.2, 0) is 0 Å². The van der Waals surface area contributed by atoms with Gasteiger partial charge in [0, 0.05) is 10.4 Å². The fraction of sp³-hybridized carbons (Fsp3) is 0.273. The van der Waals surface area contributed by atoms with Crippen molar-refractivity contribution in [1.82, 2.24) is 5.32 Å². The van der Waals surface area contributed by atoms with Gasteiger partial charge in [-0.15, -0.1) is 11.3 Å². The van der Waals surface area contributed by atoms with Gasteiger partial charge in [0.25, 0.3) is 0 Å². The lowest BCUT2D eigenvalue weighted by atomic mass is 10.0. The predicted molar refractivity (Wildman–Crippen MR) is 63.7 cm³/mol. The molecule has 0 aliphatic rings. The van der Waals surface area contributed by atoms with Crippen LogP contribution in [0.3, 0.4) is 0 Å². The zero-order valence-electron chi connectivity index (χ0n) is 8.58. The maximum Gasteiger partial charge on any atom is 0.198 e. The third kappa shape index (κ3) is 2.09. The molecule has 1 unspecified atom stereocenters. The molecule has 2 nitrogen and oxygen atoms in total. The number of nitrogens with one attached hydrogen (secondary N) is 1. The average Bonchev–Trinajstić information content (AvgIpc) is 2.79. The molecule has 0 saturated carbocycles. The fourth-order valence-electron chi connectivity index (χ4n) is 1.63. The van der Waals surface area contributed by atoms with Crippen LogP contribution in [0.25, 0.3) is 0 Å². The summed E-state index contributed by atoms with van der Waals surface area (Å²) in [5.74, 6) is 0. The second kappa shape index (κ2) is 4.39. The standard InChI is InChI=1S/C11H12ClNOS/c1-7-5-8(6-15-7)10(13-2)9-3-4-14-11(9)12/h3-6,10,13H,1-2H3. The van der Waals surface area contributed by atoms with Crippen LogP contribution in [0.15, 0.2) is 28.2 Å². The third-order valence-corrected chi connectivity index (χ3v) is 3.52. The molecule has 0 radical (unpaired) electrons. The molecule has 0 saturated heterocycles. The van der Waals surface area contributed by atoms with Gasteiger partial charge in [-0.2, -0.15) is 0 Å². The van der Waals surface area contributed by atoms with Gasteiger partial charge in [0.2, 0.25) is 0 Å². The minimum absolute atomic E-state index is 0.112. The Balaban J connectivity index is 2.36. The first-order chi connectivity index (χ1) is 7.22. The van der Waals surface area contributed by atoms with Gasteiger partial charge in [-0.1, -0.05) is 0 Å². The van der Waals surface area contributed by atoms with Crippen LogP contribution >= 0.6 is 22.9 Å². The molecule has 0 aliphatic carbocycles.